The monoisotopic (exact) mass is 295 g/mol. The quantitative estimate of drug-likeness (QED) is 0.901. The van der Waals surface area contributed by atoms with Gasteiger partial charge in [0.1, 0.15) is 5.75 Å². The Morgan fingerprint density at radius 2 is 2.15 bits per heavy atom. The first kappa shape index (κ1) is 14.6. The van der Waals surface area contributed by atoms with Crippen molar-refractivity contribution < 1.29 is 17.9 Å². The van der Waals surface area contributed by atoms with Crippen molar-refractivity contribution in [2.45, 2.75) is 13.3 Å². The number of para-hydroxylation sites is 2. The lowest BCUT2D eigenvalue weighted by Gasteiger charge is -2.12. The van der Waals surface area contributed by atoms with Crippen LogP contribution in [-0.2, 0) is 14.6 Å². The zero-order valence-corrected chi connectivity index (χ0v) is 12.0. The SMILES string of the molecule is CCOc1ccccc1NC(=O)CC1C=CS(=O)(=O)C1. The van der Waals surface area contributed by atoms with Crippen molar-refractivity contribution in [1.82, 2.24) is 0 Å². The third-order valence-electron chi connectivity index (χ3n) is 2.91. The Hall–Kier alpha value is -1.82. The molecular formula is C14H17NO4S. The molecule has 1 unspecified atom stereocenters. The molecule has 1 amide bonds. The molecule has 1 aliphatic heterocycles. The molecule has 1 aromatic carbocycles. The number of ether oxygens (including phenoxy) is 1. The van der Waals surface area contributed by atoms with Crippen LogP contribution in [0.4, 0.5) is 5.69 Å². The maximum absolute atomic E-state index is 11.9. The number of hydrogen-bond acceptors (Lipinski definition) is 4. The fourth-order valence-electron chi connectivity index (χ4n) is 2.06. The molecule has 5 nitrogen and oxygen atoms in total. The molecule has 0 spiro atoms. The van der Waals surface area contributed by atoms with Crippen LogP contribution < -0.4 is 10.1 Å². The third-order valence-corrected chi connectivity index (χ3v) is 4.38. The number of carbonyl (C=O) groups is 1. The van der Waals surface area contributed by atoms with Crippen LogP contribution in [0.2, 0.25) is 0 Å². The van der Waals surface area contributed by atoms with Gasteiger partial charge in [-0.3, -0.25) is 4.79 Å². The minimum Gasteiger partial charge on any atom is -0.492 e. The molecule has 1 aliphatic rings. The second kappa shape index (κ2) is 6.09. The lowest BCUT2D eigenvalue weighted by molar-refractivity contribution is -0.116. The van der Waals surface area contributed by atoms with E-state index in [1.807, 2.05) is 13.0 Å². The average Bonchev–Trinajstić information content (AvgIpc) is 2.71. The lowest BCUT2D eigenvalue weighted by Crippen LogP contribution is -2.18. The predicted molar refractivity (Wildman–Crippen MR) is 77.3 cm³/mol. The van der Waals surface area contributed by atoms with Crippen LogP contribution in [-0.4, -0.2) is 26.7 Å². The molecule has 20 heavy (non-hydrogen) atoms. The van der Waals surface area contributed by atoms with E-state index in [1.54, 1.807) is 24.3 Å². The molecule has 108 valence electrons. The Morgan fingerprint density at radius 3 is 2.80 bits per heavy atom. The first-order valence-electron chi connectivity index (χ1n) is 6.43. The van der Waals surface area contributed by atoms with Crippen LogP contribution in [0.3, 0.4) is 0 Å². The normalized spacial score (nSPS) is 19.8. The van der Waals surface area contributed by atoms with Gasteiger partial charge in [-0.2, -0.15) is 0 Å². The van der Waals surface area contributed by atoms with Gasteiger partial charge in [0.05, 0.1) is 18.0 Å². The smallest absolute Gasteiger partial charge is 0.225 e. The highest BCUT2D eigenvalue weighted by Gasteiger charge is 2.24. The first-order valence-corrected chi connectivity index (χ1v) is 8.14. The molecule has 1 N–H and O–H groups in total. The summed E-state index contributed by atoms with van der Waals surface area (Å²) >= 11 is 0. The van der Waals surface area contributed by atoms with Gasteiger partial charge in [0.15, 0.2) is 9.84 Å². The van der Waals surface area contributed by atoms with Crippen molar-refractivity contribution in [3.8, 4) is 5.75 Å². The number of benzene rings is 1. The number of carbonyl (C=O) groups excluding carboxylic acids is 1. The van der Waals surface area contributed by atoms with Crippen molar-refractivity contribution >= 4 is 21.4 Å². The third kappa shape index (κ3) is 3.84. The molecule has 6 heteroatoms. The van der Waals surface area contributed by atoms with Crippen LogP contribution in [0, 0.1) is 5.92 Å². The van der Waals surface area contributed by atoms with Gasteiger partial charge < -0.3 is 10.1 Å². The second-order valence-electron chi connectivity index (χ2n) is 4.60. The molecule has 2 rings (SSSR count). The number of allylic oxidation sites excluding steroid dienone is 1. The second-order valence-corrected chi connectivity index (χ2v) is 6.53. The number of hydrogen-bond donors (Lipinski definition) is 1. The Kier molecular flexibility index (Phi) is 4.44. The Bertz CT molecular complexity index is 622. The van der Waals surface area contributed by atoms with E-state index in [-0.39, 0.29) is 24.0 Å². The van der Waals surface area contributed by atoms with Gasteiger partial charge in [-0.1, -0.05) is 18.2 Å². The molecule has 1 atom stereocenters. The predicted octanol–water partition coefficient (Wildman–Crippen LogP) is 1.97. The van der Waals surface area contributed by atoms with Crippen molar-refractivity contribution in [2.24, 2.45) is 5.92 Å². The van der Waals surface area contributed by atoms with Crippen molar-refractivity contribution in [3.05, 3.63) is 35.7 Å². The molecular weight excluding hydrogens is 278 g/mol. The van der Waals surface area contributed by atoms with E-state index in [1.165, 1.54) is 5.41 Å². The van der Waals surface area contributed by atoms with E-state index in [0.717, 1.165) is 0 Å². The number of sulfone groups is 1. The first-order chi connectivity index (χ1) is 9.50. The molecule has 1 heterocycles. The Morgan fingerprint density at radius 1 is 1.40 bits per heavy atom. The van der Waals surface area contributed by atoms with Gasteiger partial charge in [-0.15, -0.1) is 0 Å². The van der Waals surface area contributed by atoms with Gasteiger partial charge >= 0.3 is 0 Å². The minimum absolute atomic E-state index is 0.00747. The number of anilines is 1. The summed E-state index contributed by atoms with van der Waals surface area (Å²) in [6, 6.07) is 7.16. The van der Waals surface area contributed by atoms with E-state index in [9.17, 15) is 13.2 Å². The highest BCUT2D eigenvalue weighted by atomic mass is 32.2. The summed E-state index contributed by atoms with van der Waals surface area (Å²) < 4.78 is 28.0. The summed E-state index contributed by atoms with van der Waals surface area (Å²) in [5.74, 6) is 0.147. The summed E-state index contributed by atoms with van der Waals surface area (Å²) in [4.78, 5) is 11.9. The maximum atomic E-state index is 11.9. The summed E-state index contributed by atoms with van der Waals surface area (Å²) in [6.45, 7) is 2.38. The van der Waals surface area contributed by atoms with Crippen LogP contribution in [0.5, 0.6) is 5.75 Å². The van der Waals surface area contributed by atoms with Crippen LogP contribution in [0.1, 0.15) is 13.3 Å². The van der Waals surface area contributed by atoms with Gasteiger partial charge in [0, 0.05) is 17.7 Å². The zero-order valence-electron chi connectivity index (χ0n) is 11.2. The molecule has 0 saturated carbocycles. The minimum atomic E-state index is -3.12. The fraction of sp³-hybridized carbons (Fsp3) is 0.357. The van der Waals surface area contributed by atoms with E-state index in [2.05, 4.69) is 5.32 Å². The number of amides is 1. The molecule has 0 radical (unpaired) electrons. The summed E-state index contributed by atoms with van der Waals surface area (Å²) in [7, 11) is -3.12. The van der Waals surface area contributed by atoms with Gasteiger partial charge in [-0.25, -0.2) is 8.42 Å². The summed E-state index contributed by atoms with van der Waals surface area (Å²) in [6.07, 6.45) is 1.72. The molecule has 1 aromatic rings. The fourth-order valence-corrected chi connectivity index (χ4v) is 3.46. The highest BCUT2D eigenvalue weighted by Crippen LogP contribution is 2.25. The molecule has 0 bridgehead atoms. The van der Waals surface area contributed by atoms with E-state index in [0.29, 0.717) is 18.0 Å². The van der Waals surface area contributed by atoms with E-state index < -0.39 is 9.84 Å². The maximum Gasteiger partial charge on any atom is 0.225 e. The number of rotatable bonds is 5. The van der Waals surface area contributed by atoms with Crippen molar-refractivity contribution in [1.29, 1.82) is 0 Å². The summed E-state index contributed by atoms with van der Waals surface area (Å²) in [5.41, 5.74) is 0.601. The molecule has 0 aliphatic carbocycles. The number of nitrogens with one attached hydrogen (secondary N) is 1. The van der Waals surface area contributed by atoms with E-state index >= 15 is 0 Å². The van der Waals surface area contributed by atoms with Crippen LogP contribution >= 0.6 is 0 Å². The molecule has 0 aromatic heterocycles. The largest absolute Gasteiger partial charge is 0.492 e. The standard InChI is InChI=1S/C14H17NO4S/c1-2-19-13-6-4-3-5-12(13)15-14(16)9-11-7-8-20(17,18)10-11/h3-8,11H,2,9-10H2,1H3,(H,15,16). The van der Waals surface area contributed by atoms with Crippen LogP contribution in [0.15, 0.2) is 35.7 Å². The lowest BCUT2D eigenvalue weighted by atomic mass is 10.1. The highest BCUT2D eigenvalue weighted by molar-refractivity contribution is 7.94. The van der Waals surface area contributed by atoms with Gasteiger partial charge in [-0.05, 0) is 19.1 Å². The molecule has 0 saturated heterocycles. The van der Waals surface area contributed by atoms with Crippen LogP contribution in [0.25, 0.3) is 0 Å². The average molecular weight is 295 g/mol. The zero-order chi connectivity index (χ0) is 14.6. The Balaban J connectivity index is 1.97. The van der Waals surface area contributed by atoms with E-state index in [4.69, 9.17) is 4.74 Å². The van der Waals surface area contributed by atoms with Crippen molar-refractivity contribution in [2.75, 3.05) is 17.7 Å². The Labute approximate surface area is 118 Å². The van der Waals surface area contributed by atoms with Crippen molar-refractivity contribution in [3.63, 3.8) is 0 Å². The summed E-state index contributed by atoms with van der Waals surface area (Å²) in [5, 5.41) is 3.94. The molecule has 0 fully saturated rings. The van der Waals surface area contributed by atoms with Gasteiger partial charge in [0.25, 0.3) is 0 Å². The van der Waals surface area contributed by atoms with Gasteiger partial charge in [0.2, 0.25) is 5.91 Å². The topological polar surface area (TPSA) is 72.5 Å².